The fraction of sp³-hybridized carbons (Fsp3) is 0.381. The highest BCUT2D eigenvalue weighted by Gasteiger charge is 2.53. The number of alkyl halides is 2. The Kier molecular flexibility index (Phi) is 4.43. The Morgan fingerprint density at radius 2 is 2.00 bits per heavy atom. The number of piperidine rings is 1. The number of benzene rings is 1. The highest BCUT2D eigenvalue weighted by atomic mass is 19.3. The molecule has 5 rings (SSSR count). The zero-order valence-corrected chi connectivity index (χ0v) is 16.4. The number of hydrogen-bond donors (Lipinski definition) is 3. The minimum atomic E-state index is -2.64. The Morgan fingerprint density at radius 1 is 1.13 bits per heavy atom. The van der Waals surface area contributed by atoms with Crippen molar-refractivity contribution in [2.45, 2.75) is 43.3 Å². The van der Waals surface area contributed by atoms with E-state index >= 15 is 0 Å². The van der Waals surface area contributed by atoms with Crippen LogP contribution in [0, 0.1) is 0 Å². The van der Waals surface area contributed by atoms with Crippen molar-refractivity contribution in [2.24, 2.45) is 0 Å². The molecule has 3 N–H and O–H groups in total. The van der Waals surface area contributed by atoms with Crippen LogP contribution in [0.1, 0.15) is 19.3 Å². The molecule has 3 aromatic rings. The predicted octanol–water partition coefficient (Wildman–Crippen LogP) is 3.20. The molecule has 2 fully saturated rings. The first-order chi connectivity index (χ1) is 14.4. The van der Waals surface area contributed by atoms with Crippen molar-refractivity contribution in [3.05, 3.63) is 43.0 Å². The molecule has 0 saturated carbocycles. The molecule has 1 aromatic carbocycles. The number of phenolic OH excluding ortho intramolecular Hbond substituents is 1. The van der Waals surface area contributed by atoms with Gasteiger partial charge in [-0.15, -0.1) is 0 Å². The molecule has 2 saturated heterocycles. The first kappa shape index (κ1) is 18.9. The van der Waals surface area contributed by atoms with Crippen LogP contribution < -0.4 is 10.2 Å². The van der Waals surface area contributed by atoms with Gasteiger partial charge in [0, 0.05) is 42.9 Å². The predicted molar refractivity (Wildman–Crippen MR) is 108 cm³/mol. The summed E-state index contributed by atoms with van der Waals surface area (Å²) in [5, 5.41) is 20.1. The van der Waals surface area contributed by atoms with E-state index in [1.54, 1.807) is 36.9 Å². The molecule has 7 nitrogen and oxygen atoms in total. The van der Waals surface area contributed by atoms with Crippen molar-refractivity contribution >= 4 is 5.82 Å². The first-order valence-electron chi connectivity index (χ1n) is 9.92. The number of rotatable bonds is 4. The molecular formula is C21H22F2N6O. The van der Waals surface area contributed by atoms with Crippen LogP contribution >= 0.6 is 0 Å². The van der Waals surface area contributed by atoms with Gasteiger partial charge in [0.1, 0.15) is 11.6 Å². The molecule has 0 amide bonds. The molecular weight excluding hydrogens is 390 g/mol. The van der Waals surface area contributed by atoms with Gasteiger partial charge in [0.15, 0.2) is 0 Å². The van der Waals surface area contributed by atoms with E-state index in [0.29, 0.717) is 29.9 Å². The number of halogens is 2. The Hall–Kier alpha value is -3.07. The zero-order valence-electron chi connectivity index (χ0n) is 16.4. The Morgan fingerprint density at radius 3 is 2.67 bits per heavy atom. The summed E-state index contributed by atoms with van der Waals surface area (Å²) in [6.45, 7) is 0. The monoisotopic (exact) mass is 412 g/mol. The molecule has 2 aliphatic heterocycles. The molecule has 0 radical (unpaired) electrons. The molecule has 4 heterocycles. The third-order valence-electron chi connectivity index (χ3n) is 6.18. The summed E-state index contributed by atoms with van der Waals surface area (Å²) >= 11 is 0. The van der Waals surface area contributed by atoms with Gasteiger partial charge >= 0.3 is 0 Å². The van der Waals surface area contributed by atoms with Crippen molar-refractivity contribution in [1.29, 1.82) is 0 Å². The van der Waals surface area contributed by atoms with Gasteiger partial charge in [0.2, 0.25) is 0 Å². The molecule has 0 aliphatic carbocycles. The summed E-state index contributed by atoms with van der Waals surface area (Å²) in [5.74, 6) is -1.92. The third-order valence-corrected chi connectivity index (χ3v) is 6.18. The minimum absolute atomic E-state index is 0.0163. The Bertz CT molecular complexity index is 1040. The summed E-state index contributed by atoms with van der Waals surface area (Å²) in [6.07, 6.45) is 7.59. The van der Waals surface area contributed by atoms with Crippen LogP contribution in [-0.4, -0.2) is 56.4 Å². The van der Waals surface area contributed by atoms with Crippen molar-refractivity contribution in [3.8, 4) is 28.1 Å². The van der Waals surface area contributed by atoms with Crippen LogP contribution in [0.5, 0.6) is 5.75 Å². The van der Waals surface area contributed by atoms with Crippen molar-refractivity contribution in [2.75, 3.05) is 11.9 Å². The lowest BCUT2D eigenvalue weighted by atomic mass is 9.98. The maximum Gasteiger partial charge on any atom is 0.264 e. The van der Waals surface area contributed by atoms with E-state index in [4.69, 9.17) is 0 Å². The minimum Gasteiger partial charge on any atom is -0.507 e. The molecule has 9 heteroatoms. The number of phenols is 1. The SMILES string of the molecule is CN(c1cnc(-c2ccc(-c3cn[nH]c3)cc2O)cn1)[C@@H]1C[C@H]2CC(F)(F)[C@@H](C1)N2. The summed E-state index contributed by atoms with van der Waals surface area (Å²) in [4.78, 5) is 10.9. The largest absolute Gasteiger partial charge is 0.507 e. The summed E-state index contributed by atoms with van der Waals surface area (Å²) < 4.78 is 28.0. The number of hydrogen-bond acceptors (Lipinski definition) is 6. The standard InChI is InChI=1S/C21H22F2N6O/c1-29(15-5-14-7-21(22,23)19(6-15)28-14)20-11-24-17(10-25-20)16-3-2-12(4-18(16)30)13-8-26-27-9-13/h2-4,8-11,14-15,19,28,30H,5-7H2,1H3,(H,26,27)/t14-,15+,19+/m0/s1. The number of fused-ring (bicyclic) bond motifs is 2. The van der Waals surface area contributed by atoms with Crippen LogP contribution in [0.2, 0.25) is 0 Å². The van der Waals surface area contributed by atoms with Crippen LogP contribution in [0.3, 0.4) is 0 Å². The van der Waals surface area contributed by atoms with Gasteiger partial charge in [-0.25, -0.2) is 13.8 Å². The molecule has 3 atom stereocenters. The lowest BCUT2D eigenvalue weighted by molar-refractivity contribution is -0.0128. The summed E-state index contributed by atoms with van der Waals surface area (Å²) in [6, 6.07) is 4.38. The smallest absolute Gasteiger partial charge is 0.264 e. The van der Waals surface area contributed by atoms with Gasteiger partial charge in [-0.05, 0) is 30.5 Å². The van der Waals surface area contributed by atoms with Crippen molar-refractivity contribution in [1.82, 2.24) is 25.5 Å². The number of anilines is 1. The van der Waals surface area contributed by atoms with Gasteiger partial charge in [-0.2, -0.15) is 5.10 Å². The van der Waals surface area contributed by atoms with Crippen molar-refractivity contribution < 1.29 is 13.9 Å². The number of H-pyrrole nitrogens is 1. The molecule has 2 aromatic heterocycles. The highest BCUT2D eigenvalue weighted by molar-refractivity contribution is 5.73. The number of aromatic amines is 1. The number of nitrogens with one attached hydrogen (secondary N) is 2. The average molecular weight is 412 g/mol. The molecule has 0 spiro atoms. The quantitative estimate of drug-likeness (QED) is 0.610. The lowest BCUT2D eigenvalue weighted by Crippen LogP contribution is -2.49. The van der Waals surface area contributed by atoms with E-state index in [2.05, 4.69) is 25.5 Å². The van der Waals surface area contributed by atoms with Gasteiger partial charge in [0.05, 0.1) is 30.3 Å². The summed E-state index contributed by atoms with van der Waals surface area (Å²) in [7, 11) is 1.87. The second kappa shape index (κ2) is 7.02. The molecule has 0 unspecified atom stereocenters. The highest BCUT2D eigenvalue weighted by Crippen LogP contribution is 2.40. The van der Waals surface area contributed by atoms with E-state index in [1.807, 2.05) is 18.0 Å². The topological polar surface area (TPSA) is 90.0 Å². The van der Waals surface area contributed by atoms with E-state index < -0.39 is 12.0 Å². The van der Waals surface area contributed by atoms with E-state index in [-0.39, 0.29) is 24.3 Å². The lowest BCUT2D eigenvalue weighted by Gasteiger charge is -2.36. The fourth-order valence-corrected chi connectivity index (χ4v) is 4.51. The number of aromatic nitrogens is 4. The van der Waals surface area contributed by atoms with Gasteiger partial charge < -0.3 is 15.3 Å². The molecule has 2 bridgehead atoms. The van der Waals surface area contributed by atoms with Crippen LogP contribution in [0.25, 0.3) is 22.4 Å². The van der Waals surface area contributed by atoms with Gasteiger partial charge in [-0.1, -0.05) is 6.07 Å². The second-order valence-corrected chi connectivity index (χ2v) is 8.10. The normalized spacial score (nSPS) is 24.7. The Labute approximate surface area is 172 Å². The molecule has 30 heavy (non-hydrogen) atoms. The number of aromatic hydroxyl groups is 1. The maximum absolute atomic E-state index is 14.0. The van der Waals surface area contributed by atoms with Gasteiger partial charge in [-0.3, -0.25) is 10.1 Å². The fourth-order valence-electron chi connectivity index (χ4n) is 4.51. The zero-order chi connectivity index (χ0) is 20.9. The van der Waals surface area contributed by atoms with E-state index in [0.717, 1.165) is 11.1 Å². The average Bonchev–Trinajstić information content (AvgIpc) is 3.34. The summed E-state index contributed by atoms with van der Waals surface area (Å²) in [5.41, 5.74) is 2.83. The third kappa shape index (κ3) is 3.28. The maximum atomic E-state index is 14.0. The Balaban J connectivity index is 1.33. The number of nitrogens with zero attached hydrogens (tertiary/aromatic N) is 4. The van der Waals surface area contributed by atoms with Crippen LogP contribution in [0.15, 0.2) is 43.0 Å². The van der Waals surface area contributed by atoms with Crippen molar-refractivity contribution in [3.63, 3.8) is 0 Å². The van der Waals surface area contributed by atoms with Crippen LogP contribution in [-0.2, 0) is 0 Å². The van der Waals surface area contributed by atoms with Crippen LogP contribution in [0.4, 0.5) is 14.6 Å². The second-order valence-electron chi connectivity index (χ2n) is 8.10. The van der Waals surface area contributed by atoms with E-state index in [1.165, 1.54) is 0 Å². The molecule has 156 valence electrons. The molecule has 2 aliphatic rings. The first-order valence-corrected chi connectivity index (χ1v) is 9.92. The van der Waals surface area contributed by atoms with E-state index in [9.17, 15) is 13.9 Å². The van der Waals surface area contributed by atoms with Gasteiger partial charge in [0.25, 0.3) is 5.92 Å².